The average Bonchev–Trinajstić information content (AvgIpc) is 0.933. The van der Waals surface area contributed by atoms with E-state index in [9.17, 15) is 43.2 Å². The third-order valence-electron chi connectivity index (χ3n) is 17.1. The predicted molar refractivity (Wildman–Crippen MR) is 436 cm³/mol. The van der Waals surface area contributed by atoms with Crippen LogP contribution in [0.25, 0.3) is 0 Å². The Morgan fingerprint density at radius 2 is 0.491 bits per heavy atom. The minimum atomic E-state index is -4.99. The normalized spacial score (nSPS) is 14.5. The summed E-state index contributed by atoms with van der Waals surface area (Å²) >= 11 is 0. The minimum Gasteiger partial charge on any atom is -0.462 e. The fraction of sp³-hybridized carbons (Fsp3) is 0.701. The van der Waals surface area contributed by atoms with Crippen LogP contribution in [0.4, 0.5) is 0 Å². The van der Waals surface area contributed by atoms with Crippen molar-refractivity contribution >= 4 is 39.5 Å². The number of rotatable bonds is 77. The first kappa shape index (κ1) is 101. The summed E-state index contributed by atoms with van der Waals surface area (Å²) in [5, 5.41) is 10.7. The SMILES string of the molecule is CC/C=C\C/C=C\C/C=C\C/C=C\C/C=C\CCCCCC(=O)OC[C@H](COP(=O)(O)OC[C@@H](O)COP(=O)(O)OC[C@@H](COC(=O)CCCCC/C=C\C/C=C\C/C=C\C/C=C\C/C=C\CC)OC(=O)CCCCCCCCCCCCCCC)OC(=O)CCCCCCC/C=C\CCCCCCCC. The standard InChI is InChI=1S/C87H148O17P2/c1-5-9-13-17-21-25-29-33-36-38-40-42-45-48-51-55-59-63-67-71-84(89)97-77-82(103-86(91)73-69-65-61-57-53-47-32-28-24-20-16-12-8-4)79-101-105(93,94)99-75-81(88)76-100-106(95,96)102-80-83(104-87(92)74-70-66-62-58-54-50-44-35-31-27-23-19-15-11-7-3)78-98-85(90)72-68-64-60-56-52-49-46-43-41-39-37-34-30-26-22-18-14-10-6-2/h9-10,13-14,21-22,25-26,33-37,40-44,48-49,51-52,81-83,88H,5-8,11-12,15-20,23-24,27-32,38-39,45-47,50,53-80H2,1-4H3,(H,93,94)(H,95,96)/b13-9-,14-10-,25-21-,26-22-,36-33-,37-34-,42-40-,43-41-,44-35-,51-48-,52-49-/t81-,82+,83+/m0/s1. The fourth-order valence-electron chi connectivity index (χ4n) is 10.9. The van der Waals surface area contributed by atoms with Gasteiger partial charge in [0, 0.05) is 25.7 Å². The van der Waals surface area contributed by atoms with E-state index >= 15 is 0 Å². The first-order chi connectivity index (χ1) is 51.7. The van der Waals surface area contributed by atoms with Crippen LogP contribution in [0, 0.1) is 0 Å². The van der Waals surface area contributed by atoms with E-state index in [0.29, 0.717) is 25.7 Å². The van der Waals surface area contributed by atoms with Gasteiger partial charge in [-0.15, -0.1) is 0 Å². The second-order valence-corrected chi connectivity index (χ2v) is 30.2. The number of allylic oxidation sites excluding steroid dienone is 22. The molecule has 0 radical (unpaired) electrons. The van der Waals surface area contributed by atoms with Crippen molar-refractivity contribution in [3.8, 4) is 0 Å². The van der Waals surface area contributed by atoms with Crippen LogP contribution in [-0.4, -0.2) is 96.7 Å². The fourth-order valence-corrected chi connectivity index (χ4v) is 12.4. The minimum absolute atomic E-state index is 0.0749. The van der Waals surface area contributed by atoms with Crippen LogP contribution in [0.15, 0.2) is 134 Å². The molecule has 0 aliphatic rings. The predicted octanol–water partition coefficient (Wildman–Crippen LogP) is 24.4. The summed E-state index contributed by atoms with van der Waals surface area (Å²) in [4.78, 5) is 73.1. The van der Waals surface area contributed by atoms with Crippen LogP contribution < -0.4 is 0 Å². The summed E-state index contributed by atoms with van der Waals surface area (Å²) in [7, 11) is -9.98. The van der Waals surface area contributed by atoms with E-state index < -0.39 is 97.5 Å². The van der Waals surface area contributed by atoms with Crippen molar-refractivity contribution in [2.24, 2.45) is 0 Å². The summed E-state index contributed by atoms with van der Waals surface area (Å²) in [5.74, 6) is -2.25. The van der Waals surface area contributed by atoms with Crippen LogP contribution in [0.2, 0.25) is 0 Å². The van der Waals surface area contributed by atoms with E-state index in [1.807, 2.05) is 0 Å². The van der Waals surface area contributed by atoms with Gasteiger partial charge < -0.3 is 33.8 Å². The van der Waals surface area contributed by atoms with Gasteiger partial charge in [-0.3, -0.25) is 37.3 Å². The maximum absolute atomic E-state index is 13.1. The van der Waals surface area contributed by atoms with E-state index in [0.717, 1.165) is 167 Å². The quantitative estimate of drug-likeness (QED) is 0.0169. The molecular formula is C87H148O17P2. The first-order valence-corrected chi connectivity index (χ1v) is 44.4. The highest BCUT2D eigenvalue weighted by molar-refractivity contribution is 7.47. The molecular weight excluding hydrogens is 1380 g/mol. The third kappa shape index (κ3) is 77.4. The number of hydrogen-bond donors (Lipinski definition) is 3. The molecule has 0 heterocycles. The number of carbonyl (C=O) groups excluding carboxylic acids is 4. The number of aliphatic hydroxyl groups excluding tert-OH is 1. The molecule has 0 aliphatic heterocycles. The molecule has 0 saturated heterocycles. The van der Waals surface area contributed by atoms with Gasteiger partial charge in [-0.2, -0.15) is 0 Å². The Hall–Kier alpha value is -4.80. The van der Waals surface area contributed by atoms with Gasteiger partial charge in [0.2, 0.25) is 0 Å². The Morgan fingerprint density at radius 1 is 0.274 bits per heavy atom. The summed E-state index contributed by atoms with van der Waals surface area (Å²) in [6.07, 6.45) is 88.5. The number of aliphatic hydroxyl groups is 1. The molecule has 0 aromatic carbocycles. The monoisotopic (exact) mass is 1530 g/mol. The van der Waals surface area contributed by atoms with Crippen LogP contribution in [0.1, 0.15) is 336 Å². The van der Waals surface area contributed by atoms with Crippen molar-refractivity contribution < 1.29 is 80.2 Å². The maximum Gasteiger partial charge on any atom is 0.472 e. The number of unbranched alkanes of at least 4 members (excludes halogenated alkanes) is 29. The largest absolute Gasteiger partial charge is 0.472 e. The van der Waals surface area contributed by atoms with Gasteiger partial charge in [-0.05, 0) is 141 Å². The van der Waals surface area contributed by atoms with Crippen molar-refractivity contribution in [1.29, 1.82) is 0 Å². The van der Waals surface area contributed by atoms with Crippen LogP contribution in [0.5, 0.6) is 0 Å². The summed E-state index contributed by atoms with van der Waals surface area (Å²) in [5.41, 5.74) is 0. The first-order valence-electron chi connectivity index (χ1n) is 41.4. The average molecular weight is 1530 g/mol. The number of esters is 4. The molecule has 0 saturated carbocycles. The molecule has 0 spiro atoms. The van der Waals surface area contributed by atoms with Crippen molar-refractivity contribution in [2.45, 2.75) is 354 Å². The van der Waals surface area contributed by atoms with Gasteiger partial charge in [0.15, 0.2) is 12.2 Å². The van der Waals surface area contributed by atoms with Crippen molar-refractivity contribution in [1.82, 2.24) is 0 Å². The summed E-state index contributed by atoms with van der Waals surface area (Å²) in [6.45, 7) is 4.59. The second-order valence-electron chi connectivity index (χ2n) is 27.3. The Balaban J connectivity index is 5.41. The molecule has 0 rings (SSSR count). The number of carbonyl (C=O) groups is 4. The molecule has 0 aromatic rings. The van der Waals surface area contributed by atoms with Crippen molar-refractivity contribution in [3.63, 3.8) is 0 Å². The highest BCUT2D eigenvalue weighted by atomic mass is 31.2. The summed E-state index contributed by atoms with van der Waals surface area (Å²) < 4.78 is 68.7. The van der Waals surface area contributed by atoms with Gasteiger partial charge in [-0.1, -0.05) is 303 Å². The lowest BCUT2D eigenvalue weighted by Gasteiger charge is -2.21. The maximum atomic E-state index is 13.1. The molecule has 19 heteroatoms. The lowest BCUT2D eigenvalue weighted by atomic mass is 10.0. The molecule has 17 nitrogen and oxygen atoms in total. The zero-order valence-corrected chi connectivity index (χ0v) is 68.4. The topological polar surface area (TPSA) is 237 Å². The lowest BCUT2D eigenvalue weighted by molar-refractivity contribution is -0.161. The number of phosphoric acid groups is 2. The lowest BCUT2D eigenvalue weighted by Crippen LogP contribution is -2.30. The molecule has 106 heavy (non-hydrogen) atoms. The molecule has 0 aromatic heterocycles. The van der Waals surface area contributed by atoms with Gasteiger partial charge >= 0.3 is 39.5 Å². The molecule has 0 fully saturated rings. The van der Waals surface area contributed by atoms with E-state index in [1.54, 1.807) is 0 Å². The van der Waals surface area contributed by atoms with Crippen LogP contribution >= 0.6 is 15.6 Å². The zero-order valence-electron chi connectivity index (χ0n) is 66.6. The smallest absolute Gasteiger partial charge is 0.462 e. The number of ether oxygens (including phenoxy) is 4. The van der Waals surface area contributed by atoms with Crippen LogP contribution in [0.3, 0.4) is 0 Å². The van der Waals surface area contributed by atoms with Crippen LogP contribution in [-0.2, 0) is 65.4 Å². The van der Waals surface area contributed by atoms with Gasteiger partial charge in [0.25, 0.3) is 0 Å². The Bertz CT molecular complexity index is 2530. The van der Waals surface area contributed by atoms with Crippen molar-refractivity contribution in [2.75, 3.05) is 39.6 Å². The summed E-state index contributed by atoms with van der Waals surface area (Å²) in [6, 6.07) is 0. The van der Waals surface area contributed by atoms with Gasteiger partial charge in [-0.25, -0.2) is 9.13 Å². The third-order valence-corrected chi connectivity index (χ3v) is 19.0. The number of hydrogen-bond acceptors (Lipinski definition) is 15. The molecule has 5 atom stereocenters. The molecule has 3 N–H and O–H groups in total. The molecule has 0 amide bonds. The Morgan fingerprint density at radius 3 is 0.774 bits per heavy atom. The molecule has 0 aliphatic carbocycles. The van der Waals surface area contributed by atoms with Gasteiger partial charge in [0.05, 0.1) is 26.4 Å². The molecule has 0 bridgehead atoms. The zero-order chi connectivity index (χ0) is 77.4. The molecule has 608 valence electrons. The van der Waals surface area contributed by atoms with E-state index in [-0.39, 0.29) is 25.7 Å². The van der Waals surface area contributed by atoms with E-state index in [4.69, 9.17) is 37.0 Å². The number of phosphoric ester groups is 2. The van der Waals surface area contributed by atoms with E-state index in [1.165, 1.54) is 89.9 Å². The Kier molecular flexibility index (Phi) is 74.8. The molecule has 2 unspecified atom stereocenters. The highest BCUT2D eigenvalue weighted by Gasteiger charge is 2.30. The van der Waals surface area contributed by atoms with Gasteiger partial charge in [0.1, 0.15) is 19.3 Å². The highest BCUT2D eigenvalue weighted by Crippen LogP contribution is 2.45. The van der Waals surface area contributed by atoms with Crippen molar-refractivity contribution in [3.05, 3.63) is 134 Å². The Labute approximate surface area is 644 Å². The van der Waals surface area contributed by atoms with E-state index in [2.05, 4.69) is 161 Å². The second kappa shape index (κ2) is 78.3.